The normalized spacial score (nSPS) is 15.6. The van der Waals surface area contributed by atoms with Crippen LogP contribution in [-0.2, 0) is 10.0 Å². The maximum Gasteiger partial charge on any atom is 0.387 e. The van der Waals surface area contributed by atoms with Gasteiger partial charge in [-0.25, -0.2) is 13.1 Å². The molecule has 1 aromatic heterocycles. The highest BCUT2D eigenvalue weighted by atomic mass is 32.2. The van der Waals surface area contributed by atoms with Gasteiger partial charge in [-0.2, -0.15) is 14.0 Å². The maximum atomic E-state index is 12.8. The Kier molecular flexibility index (Phi) is 7.58. The third-order valence-corrected chi connectivity index (χ3v) is 6.83. The fraction of sp³-hybridized carbons (Fsp3) is 0.417. The summed E-state index contributed by atoms with van der Waals surface area (Å²) in [5.41, 5.74) is 1.14. The highest BCUT2D eigenvalue weighted by Gasteiger charge is 2.29. The molecular weight excluding hydrogens is 462 g/mol. The Balaban J connectivity index is 2.12. The molecule has 0 saturated heterocycles. The highest BCUT2D eigenvalue weighted by molar-refractivity contribution is 7.89. The molecule has 10 heteroatoms. The van der Waals surface area contributed by atoms with Crippen LogP contribution in [0.25, 0.3) is 10.9 Å². The Bertz CT molecular complexity index is 1280. The summed E-state index contributed by atoms with van der Waals surface area (Å²) in [5, 5.41) is 10.6. The molecule has 7 nitrogen and oxygen atoms in total. The molecule has 0 unspecified atom stereocenters. The first-order valence-corrected chi connectivity index (χ1v) is 12.5. The Morgan fingerprint density at radius 3 is 2.65 bits per heavy atom. The summed E-state index contributed by atoms with van der Waals surface area (Å²) in [6.07, 6.45) is 7.04. The molecule has 1 aliphatic carbocycles. The molecule has 34 heavy (non-hydrogen) atoms. The summed E-state index contributed by atoms with van der Waals surface area (Å²) in [7, 11) is -3.59. The van der Waals surface area contributed by atoms with E-state index in [1.165, 1.54) is 24.4 Å². The van der Waals surface area contributed by atoms with Crippen LogP contribution in [0.5, 0.6) is 5.75 Å². The number of sulfonamides is 1. The van der Waals surface area contributed by atoms with Crippen LogP contribution in [0.15, 0.2) is 48.1 Å². The van der Waals surface area contributed by atoms with Crippen LogP contribution in [0.4, 0.5) is 8.78 Å². The minimum Gasteiger partial charge on any atom is -0.435 e. The van der Waals surface area contributed by atoms with Crippen molar-refractivity contribution >= 4 is 26.6 Å². The maximum absolute atomic E-state index is 12.8. The average Bonchev–Trinajstić information content (AvgIpc) is 2.97. The Morgan fingerprint density at radius 2 is 2.12 bits per heavy atom. The number of alkyl halides is 2. The van der Waals surface area contributed by atoms with Crippen molar-refractivity contribution in [3.8, 4) is 11.8 Å². The molecule has 0 atom stereocenters. The van der Waals surface area contributed by atoms with Gasteiger partial charge in [-0.15, -0.1) is 0 Å². The van der Waals surface area contributed by atoms with Gasteiger partial charge in [-0.05, 0) is 58.2 Å². The molecule has 1 aliphatic rings. The first-order chi connectivity index (χ1) is 16.0. The lowest BCUT2D eigenvalue weighted by Gasteiger charge is -2.30. The Hall–Kier alpha value is -3.03. The SMILES string of the molecule is C=CN=C(/C=C\CS(=O)(=O)NC(C)(C)C)c1c(C#N)c2ccc(OC(F)F)cc2n1C1CCC1. The number of hydrogen-bond acceptors (Lipinski definition) is 5. The Morgan fingerprint density at radius 1 is 1.41 bits per heavy atom. The number of nitrogens with zero attached hydrogens (tertiary/aromatic N) is 3. The summed E-state index contributed by atoms with van der Waals surface area (Å²) in [6.45, 7) is 5.93. The molecule has 1 fully saturated rings. The van der Waals surface area contributed by atoms with E-state index in [2.05, 4.69) is 27.1 Å². The highest BCUT2D eigenvalue weighted by Crippen LogP contribution is 2.40. The lowest BCUT2D eigenvalue weighted by atomic mass is 9.92. The quantitative estimate of drug-likeness (QED) is 0.498. The number of hydrogen-bond donors (Lipinski definition) is 1. The zero-order chi connectivity index (χ0) is 25.1. The third kappa shape index (κ3) is 5.90. The average molecular weight is 491 g/mol. The largest absolute Gasteiger partial charge is 0.435 e. The van der Waals surface area contributed by atoms with E-state index in [1.807, 2.05) is 4.57 Å². The number of nitriles is 1. The summed E-state index contributed by atoms with van der Waals surface area (Å²) < 4.78 is 59.5. The fourth-order valence-electron chi connectivity index (χ4n) is 3.93. The van der Waals surface area contributed by atoms with Gasteiger partial charge >= 0.3 is 6.61 Å². The van der Waals surface area contributed by atoms with Crippen molar-refractivity contribution < 1.29 is 21.9 Å². The lowest BCUT2D eigenvalue weighted by Crippen LogP contribution is -2.41. The zero-order valence-corrected chi connectivity index (χ0v) is 20.2. The Labute approximate surface area is 198 Å². The molecular formula is C24H28F2N4O3S. The number of aromatic nitrogens is 1. The number of fused-ring (bicyclic) bond motifs is 1. The number of nitrogens with one attached hydrogen (secondary N) is 1. The molecule has 2 aromatic rings. The van der Waals surface area contributed by atoms with Crippen LogP contribution in [0.1, 0.15) is 57.3 Å². The van der Waals surface area contributed by atoms with E-state index in [9.17, 15) is 22.5 Å². The van der Waals surface area contributed by atoms with Crippen molar-refractivity contribution in [1.82, 2.24) is 9.29 Å². The predicted molar refractivity (Wildman–Crippen MR) is 129 cm³/mol. The van der Waals surface area contributed by atoms with Gasteiger partial charge in [0.15, 0.2) is 0 Å². The lowest BCUT2D eigenvalue weighted by molar-refractivity contribution is -0.0497. The van der Waals surface area contributed by atoms with Crippen LogP contribution in [-0.4, -0.2) is 36.6 Å². The van der Waals surface area contributed by atoms with Crippen LogP contribution < -0.4 is 9.46 Å². The van der Waals surface area contributed by atoms with E-state index in [0.29, 0.717) is 27.9 Å². The van der Waals surface area contributed by atoms with Crippen molar-refractivity contribution in [2.45, 2.75) is 58.2 Å². The summed E-state index contributed by atoms with van der Waals surface area (Å²) >= 11 is 0. The molecule has 1 N–H and O–H groups in total. The van der Waals surface area contributed by atoms with Gasteiger partial charge < -0.3 is 9.30 Å². The van der Waals surface area contributed by atoms with Gasteiger partial charge in [0, 0.05) is 29.2 Å². The van der Waals surface area contributed by atoms with Crippen LogP contribution in [0.3, 0.4) is 0 Å². The third-order valence-electron chi connectivity index (χ3n) is 5.28. The zero-order valence-electron chi connectivity index (χ0n) is 19.4. The molecule has 0 amide bonds. The first kappa shape index (κ1) is 25.6. The minimum atomic E-state index is -3.59. The van der Waals surface area contributed by atoms with Crippen molar-refractivity contribution in [3.63, 3.8) is 0 Å². The molecule has 0 radical (unpaired) electrons. The predicted octanol–water partition coefficient (Wildman–Crippen LogP) is 5.05. The molecule has 1 aromatic carbocycles. The smallest absolute Gasteiger partial charge is 0.387 e. The second-order valence-electron chi connectivity index (χ2n) is 9.08. The summed E-state index contributed by atoms with van der Waals surface area (Å²) in [6, 6.07) is 6.74. The molecule has 0 aliphatic heterocycles. The monoisotopic (exact) mass is 490 g/mol. The standard InChI is InChI=1S/C24H28F2N4O3S/c1-5-28-20(10-7-13-34(31,32)29-24(2,3)4)22-19(15-27)18-12-11-17(33-23(25)26)14-21(18)30(22)16-8-6-9-16/h5,7,10-12,14,16,23,29H,1,6,8-9,13H2,2-4H3/b10-7-,28-20?. The van der Waals surface area contributed by atoms with E-state index in [4.69, 9.17) is 0 Å². The van der Waals surface area contributed by atoms with E-state index < -0.39 is 22.2 Å². The number of ether oxygens (including phenoxy) is 1. The fourth-order valence-corrected chi connectivity index (χ4v) is 5.30. The topological polar surface area (TPSA) is 96.5 Å². The second kappa shape index (κ2) is 10.1. The molecule has 0 spiro atoms. The molecule has 3 rings (SSSR count). The molecule has 182 valence electrons. The van der Waals surface area contributed by atoms with Crippen LogP contribution >= 0.6 is 0 Å². The van der Waals surface area contributed by atoms with E-state index in [1.54, 1.807) is 32.9 Å². The number of allylic oxidation sites excluding steroid dienone is 1. The van der Waals surface area contributed by atoms with E-state index in [-0.39, 0.29) is 17.5 Å². The number of halogens is 2. The molecule has 1 saturated carbocycles. The minimum absolute atomic E-state index is 0.00582. The van der Waals surface area contributed by atoms with Crippen molar-refractivity contribution in [3.05, 3.63) is 54.4 Å². The van der Waals surface area contributed by atoms with Gasteiger partial charge in [0.25, 0.3) is 0 Å². The second-order valence-corrected chi connectivity index (χ2v) is 10.8. The van der Waals surface area contributed by atoms with E-state index in [0.717, 1.165) is 19.3 Å². The first-order valence-electron chi connectivity index (χ1n) is 10.9. The van der Waals surface area contributed by atoms with Crippen molar-refractivity contribution in [1.29, 1.82) is 5.26 Å². The van der Waals surface area contributed by atoms with Gasteiger partial charge in [0.05, 0.1) is 28.2 Å². The number of benzene rings is 1. The van der Waals surface area contributed by atoms with Crippen molar-refractivity contribution in [2.24, 2.45) is 4.99 Å². The number of rotatable bonds is 9. The number of aliphatic imine (C=N–C) groups is 1. The van der Waals surface area contributed by atoms with Gasteiger partial charge in [0.2, 0.25) is 10.0 Å². The molecule has 0 bridgehead atoms. The van der Waals surface area contributed by atoms with Crippen molar-refractivity contribution in [2.75, 3.05) is 5.75 Å². The van der Waals surface area contributed by atoms with Gasteiger partial charge in [-0.1, -0.05) is 12.7 Å². The van der Waals surface area contributed by atoms with Gasteiger partial charge in [-0.3, -0.25) is 4.99 Å². The van der Waals surface area contributed by atoms with Crippen LogP contribution in [0, 0.1) is 11.3 Å². The van der Waals surface area contributed by atoms with Gasteiger partial charge in [0.1, 0.15) is 11.8 Å². The summed E-state index contributed by atoms with van der Waals surface area (Å²) in [5.74, 6) is -0.285. The van der Waals surface area contributed by atoms with E-state index >= 15 is 0 Å². The molecule has 1 heterocycles. The summed E-state index contributed by atoms with van der Waals surface area (Å²) in [4.78, 5) is 4.32. The van der Waals surface area contributed by atoms with Crippen LogP contribution in [0.2, 0.25) is 0 Å².